The number of carbonyl (C=O) groups is 1. The van der Waals surface area contributed by atoms with Crippen molar-refractivity contribution in [3.05, 3.63) is 45.8 Å². The first-order valence-corrected chi connectivity index (χ1v) is 11.7. The number of halogens is 1. The van der Waals surface area contributed by atoms with Crippen LogP contribution in [0.4, 0.5) is 5.69 Å². The minimum Gasteiger partial charge on any atom is -0.367 e. The second kappa shape index (κ2) is 7.28. The Morgan fingerprint density at radius 2 is 2.07 bits per heavy atom. The lowest BCUT2D eigenvalue weighted by atomic mass is 9.92. The zero-order valence-electron chi connectivity index (χ0n) is 15.5. The number of hydrazone groups is 1. The summed E-state index contributed by atoms with van der Waals surface area (Å²) in [6, 6.07) is 8.45. The highest BCUT2D eigenvalue weighted by Crippen LogP contribution is 2.45. The smallest absolute Gasteiger partial charge is 0.270 e. The third kappa shape index (κ3) is 3.09. The van der Waals surface area contributed by atoms with Gasteiger partial charge in [-0.2, -0.15) is 5.10 Å². The predicted molar refractivity (Wildman–Crippen MR) is 117 cm³/mol. The maximum Gasteiger partial charge on any atom is 0.270 e. The molecule has 4 heterocycles. The highest BCUT2D eigenvalue weighted by molar-refractivity contribution is 8.01. The number of piperazine rings is 1. The van der Waals surface area contributed by atoms with Crippen LogP contribution in [0.5, 0.6) is 0 Å². The Bertz CT molecular complexity index is 951. The monoisotopic (exact) mass is 432 g/mol. The number of nitrogens with zero attached hydrogens (tertiary/aromatic N) is 3. The quantitative estimate of drug-likeness (QED) is 0.784. The molecule has 2 aromatic rings. The van der Waals surface area contributed by atoms with Gasteiger partial charge in [-0.15, -0.1) is 23.1 Å². The number of thiophene rings is 1. The van der Waals surface area contributed by atoms with E-state index in [-0.39, 0.29) is 17.9 Å². The fourth-order valence-electron chi connectivity index (χ4n) is 4.14. The van der Waals surface area contributed by atoms with Gasteiger partial charge in [-0.3, -0.25) is 4.79 Å². The number of amides is 1. The van der Waals surface area contributed by atoms with Crippen molar-refractivity contribution < 1.29 is 4.79 Å². The highest BCUT2D eigenvalue weighted by Gasteiger charge is 2.42. The predicted octanol–water partition coefficient (Wildman–Crippen LogP) is 3.78. The Morgan fingerprint density at radius 3 is 2.86 bits per heavy atom. The minimum absolute atomic E-state index is 0.0777. The van der Waals surface area contributed by atoms with Crippen molar-refractivity contribution in [2.24, 2.45) is 11.0 Å². The average Bonchev–Trinajstić information content (AvgIpc) is 3.34. The summed E-state index contributed by atoms with van der Waals surface area (Å²) in [7, 11) is 0. The summed E-state index contributed by atoms with van der Waals surface area (Å²) in [6.45, 7) is 4.99. The summed E-state index contributed by atoms with van der Waals surface area (Å²) in [6.07, 6.45) is 0. The summed E-state index contributed by atoms with van der Waals surface area (Å²) in [5, 5.41) is 7.36. The van der Waals surface area contributed by atoms with Gasteiger partial charge in [0.25, 0.3) is 5.91 Å². The lowest BCUT2D eigenvalue weighted by Gasteiger charge is -2.37. The fourth-order valence-corrected chi connectivity index (χ4v) is 6.85. The lowest BCUT2D eigenvalue weighted by Crippen LogP contribution is -2.51. The topological polar surface area (TPSA) is 47.9 Å². The molecule has 2 atom stereocenters. The molecule has 0 saturated carbocycles. The largest absolute Gasteiger partial charge is 0.367 e. The number of nitrogens with one attached hydrogen (secondary N) is 1. The van der Waals surface area contributed by atoms with Gasteiger partial charge in [0.05, 0.1) is 21.0 Å². The SMILES string of the molecule is Cc1ccc(N2CCN(C(=O)C3=NNC4c5ccsc5SCC34)CC2)c(Cl)c1. The van der Waals surface area contributed by atoms with Crippen molar-refractivity contribution in [2.45, 2.75) is 17.2 Å². The third-order valence-electron chi connectivity index (χ3n) is 5.69. The number of rotatable bonds is 2. The Morgan fingerprint density at radius 1 is 1.25 bits per heavy atom. The molecule has 2 unspecified atom stereocenters. The maximum absolute atomic E-state index is 13.2. The van der Waals surface area contributed by atoms with Gasteiger partial charge >= 0.3 is 0 Å². The standard InChI is InChI=1S/C20H21ClN4OS2/c1-12-2-3-16(15(21)10-12)24-5-7-25(8-6-24)19(26)18-14-11-28-20-13(4-9-27-20)17(14)22-23-18/h2-4,9-10,14,17,22H,5-8,11H2,1H3. The number of benzene rings is 1. The molecule has 3 aliphatic heterocycles. The van der Waals surface area contributed by atoms with Crippen LogP contribution >= 0.6 is 34.7 Å². The highest BCUT2D eigenvalue weighted by atomic mass is 35.5. The van der Waals surface area contributed by atoms with Gasteiger partial charge in [0.15, 0.2) is 0 Å². The van der Waals surface area contributed by atoms with E-state index in [1.807, 2.05) is 29.7 Å². The molecule has 28 heavy (non-hydrogen) atoms. The van der Waals surface area contributed by atoms with Crippen LogP contribution in [0, 0.1) is 12.8 Å². The van der Waals surface area contributed by atoms with Gasteiger partial charge in [0, 0.05) is 43.4 Å². The van der Waals surface area contributed by atoms with Gasteiger partial charge < -0.3 is 15.2 Å². The third-order valence-corrected chi connectivity index (χ3v) is 8.39. The van der Waals surface area contributed by atoms with Crippen LogP contribution in [0.2, 0.25) is 5.02 Å². The zero-order chi connectivity index (χ0) is 19.3. The van der Waals surface area contributed by atoms with Gasteiger partial charge in [-0.05, 0) is 36.1 Å². The summed E-state index contributed by atoms with van der Waals surface area (Å²) < 4.78 is 1.35. The van der Waals surface area contributed by atoms with Crippen LogP contribution in [0.3, 0.4) is 0 Å². The summed E-state index contributed by atoms with van der Waals surface area (Å²) in [5.41, 5.74) is 7.41. The van der Waals surface area contributed by atoms with Gasteiger partial charge in [0.2, 0.25) is 0 Å². The molecule has 5 rings (SSSR count). The molecule has 8 heteroatoms. The summed E-state index contributed by atoms with van der Waals surface area (Å²) >= 11 is 10.0. The van der Waals surface area contributed by atoms with Gasteiger partial charge in [-0.1, -0.05) is 17.7 Å². The molecular formula is C20H21ClN4OS2. The molecule has 0 radical (unpaired) electrons. The summed E-state index contributed by atoms with van der Waals surface area (Å²) in [4.78, 5) is 17.4. The van der Waals surface area contributed by atoms with Crippen molar-refractivity contribution in [2.75, 3.05) is 36.8 Å². The molecule has 1 aromatic carbocycles. The molecule has 0 spiro atoms. The van der Waals surface area contributed by atoms with E-state index in [9.17, 15) is 4.79 Å². The van der Waals surface area contributed by atoms with Crippen LogP contribution < -0.4 is 10.3 Å². The minimum atomic E-state index is 0.0777. The van der Waals surface area contributed by atoms with Gasteiger partial charge in [-0.25, -0.2) is 0 Å². The number of hydrogen-bond acceptors (Lipinski definition) is 6. The van der Waals surface area contributed by atoms with Crippen molar-refractivity contribution in [3.8, 4) is 0 Å². The lowest BCUT2D eigenvalue weighted by molar-refractivity contribution is -0.124. The van der Waals surface area contributed by atoms with Crippen LogP contribution in [-0.2, 0) is 4.79 Å². The van der Waals surface area contributed by atoms with E-state index in [0.29, 0.717) is 18.8 Å². The van der Waals surface area contributed by atoms with E-state index in [1.54, 1.807) is 11.3 Å². The molecular weight excluding hydrogens is 412 g/mol. The number of hydrogen-bond donors (Lipinski definition) is 1. The van der Waals surface area contributed by atoms with Crippen LogP contribution in [0.1, 0.15) is 17.2 Å². The van der Waals surface area contributed by atoms with Crippen molar-refractivity contribution in [1.82, 2.24) is 10.3 Å². The van der Waals surface area contributed by atoms with Gasteiger partial charge in [0.1, 0.15) is 5.71 Å². The zero-order valence-corrected chi connectivity index (χ0v) is 17.9. The van der Waals surface area contributed by atoms with Crippen LogP contribution in [-0.4, -0.2) is 48.5 Å². The Balaban J connectivity index is 1.26. The number of anilines is 1. The van der Waals surface area contributed by atoms with Crippen molar-refractivity contribution >= 4 is 52.0 Å². The van der Waals surface area contributed by atoms with E-state index in [2.05, 4.69) is 39.0 Å². The molecule has 3 aliphatic rings. The molecule has 0 aliphatic carbocycles. The van der Waals surface area contributed by atoms with Crippen molar-refractivity contribution in [1.29, 1.82) is 0 Å². The Hall–Kier alpha value is -1.70. The molecule has 1 N–H and O–H groups in total. The second-order valence-electron chi connectivity index (χ2n) is 7.42. The first-order valence-electron chi connectivity index (χ1n) is 9.45. The molecule has 0 bridgehead atoms. The molecule has 146 valence electrons. The maximum atomic E-state index is 13.2. The van der Waals surface area contributed by atoms with E-state index in [0.717, 1.165) is 35.1 Å². The average molecular weight is 433 g/mol. The van der Waals surface area contributed by atoms with Crippen molar-refractivity contribution in [3.63, 3.8) is 0 Å². The Kier molecular flexibility index (Phi) is 4.77. The van der Waals surface area contributed by atoms with Crippen LogP contribution in [0.25, 0.3) is 0 Å². The number of carbonyl (C=O) groups excluding carboxylic acids is 1. The number of thioether (sulfide) groups is 1. The molecule has 1 amide bonds. The number of fused-ring (bicyclic) bond motifs is 3. The molecule has 1 saturated heterocycles. The molecule has 1 fully saturated rings. The molecule has 5 nitrogen and oxygen atoms in total. The number of aryl methyl sites for hydroxylation is 1. The first-order chi connectivity index (χ1) is 13.6. The van der Waals surface area contributed by atoms with E-state index in [1.165, 1.54) is 9.77 Å². The Labute approximate surface area is 177 Å². The van der Waals surface area contributed by atoms with E-state index in [4.69, 9.17) is 11.6 Å². The fraction of sp³-hybridized carbons (Fsp3) is 0.400. The first kappa shape index (κ1) is 18.3. The van der Waals surface area contributed by atoms with E-state index < -0.39 is 0 Å². The normalized spacial score (nSPS) is 23.7. The van der Waals surface area contributed by atoms with Crippen LogP contribution in [0.15, 0.2) is 39.0 Å². The summed E-state index contributed by atoms with van der Waals surface area (Å²) in [5.74, 6) is 1.15. The molecule has 1 aromatic heterocycles. The second-order valence-corrected chi connectivity index (χ2v) is 10.0. The van der Waals surface area contributed by atoms with E-state index >= 15 is 0 Å².